The summed E-state index contributed by atoms with van der Waals surface area (Å²) in [6.45, 7) is 1.74. The van der Waals surface area contributed by atoms with Crippen LogP contribution in [-0.2, 0) is 28.7 Å². The molecule has 0 aliphatic carbocycles. The van der Waals surface area contributed by atoms with E-state index in [0.29, 0.717) is 0 Å². The molecular formula is C23H22N4O6. The van der Waals surface area contributed by atoms with Crippen LogP contribution < -0.4 is 10.6 Å². The van der Waals surface area contributed by atoms with E-state index in [1.807, 2.05) is 0 Å². The molecule has 2 N–H and O–H groups in total. The third-order valence-electron chi connectivity index (χ3n) is 4.69. The van der Waals surface area contributed by atoms with Crippen LogP contribution in [0.2, 0.25) is 0 Å². The first-order chi connectivity index (χ1) is 15.8. The van der Waals surface area contributed by atoms with Gasteiger partial charge in [-0.05, 0) is 19.1 Å². The van der Waals surface area contributed by atoms with Crippen molar-refractivity contribution < 1.29 is 28.7 Å². The number of carbonyl (C=O) groups is 4. The number of nitrogens with zero attached hydrogens (tertiary/aromatic N) is 2. The van der Waals surface area contributed by atoms with Crippen molar-refractivity contribution in [1.82, 2.24) is 0 Å². The summed E-state index contributed by atoms with van der Waals surface area (Å²) in [5, 5.41) is 5.00. The summed E-state index contributed by atoms with van der Waals surface area (Å²) in [6.07, 6.45) is 0. The zero-order chi connectivity index (χ0) is 24.0. The molecule has 0 bridgehead atoms. The lowest BCUT2D eigenvalue weighted by atomic mass is 10.1. The molecule has 2 aromatic carbocycles. The van der Waals surface area contributed by atoms with Gasteiger partial charge in [-0.3, -0.25) is 19.6 Å². The highest BCUT2D eigenvalue weighted by molar-refractivity contribution is 6.48. The third-order valence-corrected chi connectivity index (χ3v) is 4.69. The topological polar surface area (TPSA) is 136 Å². The number of carbonyl (C=O) groups excluding carboxylic acids is 4. The lowest BCUT2D eigenvalue weighted by Gasteiger charge is -2.16. The standard InChI is InChI=1S/C23H22N4O6/c1-13-12-24-18(22(30)32-2)14-8-4-6-10-16(14)26-20(28)21(29)27-17-11-7-5-9-15(17)19(25-13)23(31)33-3/h4-11,13H,12H2,1-3H3,(H,26,28)(H,27,29). The Labute approximate surface area is 189 Å². The molecule has 2 amide bonds. The molecule has 1 unspecified atom stereocenters. The molecule has 0 saturated carbocycles. The monoisotopic (exact) mass is 450 g/mol. The first-order valence-electron chi connectivity index (χ1n) is 9.95. The van der Waals surface area contributed by atoms with Crippen molar-refractivity contribution in [2.45, 2.75) is 13.0 Å². The number of amides is 2. The van der Waals surface area contributed by atoms with Crippen molar-refractivity contribution in [3.05, 3.63) is 59.7 Å². The number of anilines is 2. The van der Waals surface area contributed by atoms with Crippen LogP contribution in [0.5, 0.6) is 0 Å². The second-order valence-electron chi connectivity index (χ2n) is 7.00. The van der Waals surface area contributed by atoms with Crippen LogP contribution in [0.15, 0.2) is 58.5 Å². The lowest BCUT2D eigenvalue weighted by molar-refractivity contribution is -0.133. The average Bonchev–Trinajstić information content (AvgIpc) is 2.82. The zero-order valence-electron chi connectivity index (χ0n) is 18.2. The molecule has 33 heavy (non-hydrogen) atoms. The summed E-state index contributed by atoms with van der Waals surface area (Å²) < 4.78 is 9.71. The van der Waals surface area contributed by atoms with Crippen LogP contribution >= 0.6 is 0 Å². The Hall–Kier alpha value is -4.34. The van der Waals surface area contributed by atoms with Gasteiger partial charge in [0.05, 0.1) is 38.2 Å². The Balaban J connectivity index is 2.20. The minimum Gasteiger partial charge on any atom is -0.464 e. The molecule has 10 heteroatoms. The van der Waals surface area contributed by atoms with Gasteiger partial charge < -0.3 is 20.1 Å². The number of hydrogen-bond donors (Lipinski definition) is 2. The van der Waals surface area contributed by atoms with Crippen molar-refractivity contribution in [1.29, 1.82) is 0 Å². The minimum absolute atomic E-state index is 0.0295. The summed E-state index contributed by atoms with van der Waals surface area (Å²) in [5.74, 6) is -3.43. The van der Waals surface area contributed by atoms with Crippen LogP contribution in [0.25, 0.3) is 0 Å². The Morgan fingerprint density at radius 1 is 0.818 bits per heavy atom. The molecule has 0 fully saturated rings. The second kappa shape index (κ2) is 10.3. The van der Waals surface area contributed by atoms with Crippen molar-refractivity contribution >= 4 is 46.6 Å². The van der Waals surface area contributed by atoms with E-state index in [9.17, 15) is 19.2 Å². The van der Waals surface area contributed by atoms with Crippen LogP contribution in [-0.4, -0.2) is 62.0 Å². The van der Waals surface area contributed by atoms with Gasteiger partial charge in [0, 0.05) is 11.1 Å². The Morgan fingerprint density at radius 2 is 1.27 bits per heavy atom. The molecule has 0 saturated heterocycles. The van der Waals surface area contributed by atoms with Crippen molar-refractivity contribution in [3.8, 4) is 0 Å². The highest BCUT2D eigenvalue weighted by atomic mass is 16.5. The first kappa shape index (κ1) is 23.3. The number of para-hydroxylation sites is 2. The number of fused-ring (bicyclic) bond motifs is 2. The molecule has 170 valence electrons. The van der Waals surface area contributed by atoms with Crippen molar-refractivity contribution in [2.75, 3.05) is 31.4 Å². The van der Waals surface area contributed by atoms with Gasteiger partial charge in [-0.15, -0.1) is 0 Å². The maximum atomic E-state index is 12.6. The second-order valence-corrected chi connectivity index (χ2v) is 7.00. The van der Waals surface area contributed by atoms with Gasteiger partial charge >= 0.3 is 23.8 Å². The Kier molecular flexibility index (Phi) is 7.29. The number of benzene rings is 2. The number of aliphatic imine (C=N–C) groups is 2. The fourth-order valence-electron chi connectivity index (χ4n) is 3.13. The minimum atomic E-state index is -0.983. The van der Waals surface area contributed by atoms with E-state index in [4.69, 9.17) is 9.47 Å². The quantitative estimate of drug-likeness (QED) is 0.527. The molecular weight excluding hydrogens is 428 g/mol. The molecule has 1 aliphatic heterocycles. The van der Waals surface area contributed by atoms with Crippen molar-refractivity contribution in [3.63, 3.8) is 0 Å². The van der Waals surface area contributed by atoms with E-state index in [2.05, 4.69) is 20.6 Å². The summed E-state index contributed by atoms with van der Waals surface area (Å²) >= 11 is 0. The number of esters is 2. The molecule has 3 rings (SSSR count). The number of methoxy groups -OCH3 is 2. The molecule has 10 nitrogen and oxygen atoms in total. The predicted octanol–water partition coefficient (Wildman–Crippen LogP) is 1.59. The Morgan fingerprint density at radius 3 is 1.79 bits per heavy atom. The van der Waals surface area contributed by atoms with Gasteiger partial charge in [0.15, 0.2) is 11.4 Å². The van der Waals surface area contributed by atoms with Gasteiger partial charge in [0.1, 0.15) is 0 Å². The molecule has 1 heterocycles. The van der Waals surface area contributed by atoms with Gasteiger partial charge in [0.25, 0.3) is 0 Å². The summed E-state index contributed by atoms with van der Waals surface area (Å²) in [7, 11) is 2.42. The van der Waals surface area contributed by atoms with Crippen LogP contribution in [0.1, 0.15) is 18.1 Å². The highest BCUT2D eigenvalue weighted by Crippen LogP contribution is 2.21. The number of hydrogen-bond acceptors (Lipinski definition) is 8. The van der Waals surface area contributed by atoms with Crippen LogP contribution in [0.4, 0.5) is 11.4 Å². The zero-order valence-corrected chi connectivity index (χ0v) is 18.2. The van der Waals surface area contributed by atoms with E-state index in [1.54, 1.807) is 43.3 Å². The fourth-order valence-corrected chi connectivity index (χ4v) is 3.13. The maximum Gasteiger partial charge on any atom is 0.356 e. The van der Waals surface area contributed by atoms with Gasteiger partial charge in [0.2, 0.25) is 0 Å². The van der Waals surface area contributed by atoms with Gasteiger partial charge in [-0.2, -0.15) is 0 Å². The SMILES string of the molecule is COC(=O)C1=NCC(C)N=C(C(=O)OC)c2ccccc2NC(=O)C(=O)Nc2ccccc21. The van der Waals surface area contributed by atoms with Crippen molar-refractivity contribution in [2.24, 2.45) is 9.98 Å². The molecule has 0 aromatic heterocycles. The molecule has 1 atom stereocenters. The van der Waals surface area contributed by atoms with Gasteiger partial charge in [-0.25, -0.2) is 9.59 Å². The first-order valence-corrected chi connectivity index (χ1v) is 9.95. The van der Waals surface area contributed by atoms with E-state index in [-0.39, 0.29) is 40.5 Å². The van der Waals surface area contributed by atoms with E-state index in [0.717, 1.165) is 0 Å². The smallest absolute Gasteiger partial charge is 0.356 e. The molecule has 2 aromatic rings. The average molecular weight is 450 g/mol. The lowest BCUT2D eigenvalue weighted by Crippen LogP contribution is -2.32. The summed E-state index contributed by atoms with van der Waals surface area (Å²) in [6, 6.07) is 12.2. The third kappa shape index (κ3) is 5.29. The van der Waals surface area contributed by atoms with E-state index < -0.39 is 29.8 Å². The predicted molar refractivity (Wildman–Crippen MR) is 122 cm³/mol. The molecule has 0 radical (unpaired) electrons. The normalized spacial score (nSPS) is 16.5. The number of rotatable bonds is 2. The molecule has 0 spiro atoms. The Bertz CT molecular complexity index is 1170. The summed E-state index contributed by atoms with van der Waals surface area (Å²) in [4.78, 5) is 59.0. The van der Waals surface area contributed by atoms with Crippen LogP contribution in [0, 0.1) is 0 Å². The maximum absolute atomic E-state index is 12.6. The fraction of sp³-hybridized carbons (Fsp3) is 0.217. The van der Waals surface area contributed by atoms with Crippen LogP contribution in [0.3, 0.4) is 0 Å². The molecule has 1 aliphatic rings. The number of nitrogens with one attached hydrogen (secondary N) is 2. The number of ether oxygens (including phenoxy) is 2. The largest absolute Gasteiger partial charge is 0.464 e. The van der Waals surface area contributed by atoms with E-state index >= 15 is 0 Å². The highest BCUT2D eigenvalue weighted by Gasteiger charge is 2.25. The summed E-state index contributed by atoms with van der Waals surface area (Å²) in [5.41, 5.74) is 0.831. The van der Waals surface area contributed by atoms with Gasteiger partial charge in [-0.1, -0.05) is 36.4 Å². The van der Waals surface area contributed by atoms with E-state index in [1.165, 1.54) is 26.4 Å².